The second-order valence-electron chi connectivity index (χ2n) is 3.71. The lowest BCUT2D eigenvalue weighted by molar-refractivity contribution is -0.147. The predicted molar refractivity (Wildman–Crippen MR) is 59.1 cm³/mol. The maximum absolute atomic E-state index is 11.7. The summed E-state index contributed by atoms with van der Waals surface area (Å²) in [6.45, 7) is 5.41. The Labute approximate surface area is 99.8 Å². The normalized spacial score (nSPS) is 19.5. The summed E-state index contributed by atoms with van der Waals surface area (Å²) >= 11 is 0. The van der Waals surface area contributed by atoms with E-state index in [9.17, 15) is 14.4 Å². The summed E-state index contributed by atoms with van der Waals surface area (Å²) in [7, 11) is 0. The summed E-state index contributed by atoms with van der Waals surface area (Å²) in [5, 5.41) is 0. The Morgan fingerprint density at radius 3 is 2.35 bits per heavy atom. The third-order valence-electron chi connectivity index (χ3n) is 2.64. The number of esters is 2. The Hall–Kier alpha value is -1.65. The first-order chi connectivity index (χ1) is 8.02. The number of carbonyl (C=O) groups excluding carboxylic acids is 3. The molecule has 0 aromatic heterocycles. The molecule has 0 N–H and O–H groups in total. The fraction of sp³-hybridized carbons (Fsp3) is 0.583. The molecular formula is C12H16O5. The van der Waals surface area contributed by atoms with Crippen molar-refractivity contribution in [1.29, 1.82) is 0 Å². The van der Waals surface area contributed by atoms with E-state index in [1.807, 2.05) is 0 Å². The van der Waals surface area contributed by atoms with E-state index in [-0.39, 0.29) is 31.0 Å². The maximum atomic E-state index is 11.7. The van der Waals surface area contributed by atoms with Gasteiger partial charge in [0, 0.05) is 6.42 Å². The van der Waals surface area contributed by atoms with Gasteiger partial charge in [0.2, 0.25) is 0 Å². The van der Waals surface area contributed by atoms with Crippen LogP contribution in [0.2, 0.25) is 0 Å². The molecule has 0 aliphatic heterocycles. The first-order valence-electron chi connectivity index (χ1n) is 5.60. The summed E-state index contributed by atoms with van der Waals surface area (Å²) in [5.41, 5.74) is 0.455. The molecule has 0 bridgehead atoms. The molecule has 94 valence electrons. The molecule has 0 fully saturated rings. The fourth-order valence-corrected chi connectivity index (χ4v) is 1.82. The van der Waals surface area contributed by atoms with E-state index in [0.717, 1.165) is 0 Å². The van der Waals surface area contributed by atoms with E-state index < -0.39 is 17.9 Å². The standard InChI is InChI=1S/C12H16O5/c1-4-16-11(14)8-6-9(13)10(7(8)3)12(15)17-5-2/h8H,4-6H2,1-3H3/t8-/m1/s1. The third kappa shape index (κ3) is 2.72. The SMILES string of the molecule is CCOC(=O)C1=C(C)[C@H](C(=O)OCC)CC1=O. The minimum absolute atomic E-state index is 0.00118. The topological polar surface area (TPSA) is 69.7 Å². The van der Waals surface area contributed by atoms with E-state index in [1.54, 1.807) is 20.8 Å². The highest BCUT2D eigenvalue weighted by atomic mass is 16.5. The molecule has 0 aromatic rings. The molecule has 0 saturated carbocycles. The van der Waals surface area contributed by atoms with Crippen LogP contribution < -0.4 is 0 Å². The van der Waals surface area contributed by atoms with Crippen LogP contribution in [-0.2, 0) is 23.9 Å². The van der Waals surface area contributed by atoms with Crippen molar-refractivity contribution in [2.75, 3.05) is 13.2 Å². The fourth-order valence-electron chi connectivity index (χ4n) is 1.82. The molecule has 0 radical (unpaired) electrons. The van der Waals surface area contributed by atoms with Gasteiger partial charge in [0.15, 0.2) is 5.78 Å². The summed E-state index contributed by atoms with van der Waals surface area (Å²) in [5.74, 6) is -2.10. The van der Waals surface area contributed by atoms with Crippen molar-refractivity contribution in [3.63, 3.8) is 0 Å². The van der Waals surface area contributed by atoms with Crippen LogP contribution in [0, 0.1) is 5.92 Å². The van der Waals surface area contributed by atoms with E-state index in [4.69, 9.17) is 9.47 Å². The van der Waals surface area contributed by atoms with Crippen LogP contribution in [-0.4, -0.2) is 30.9 Å². The lowest BCUT2D eigenvalue weighted by Gasteiger charge is -2.09. The number of ketones is 1. The number of carbonyl (C=O) groups is 3. The molecular weight excluding hydrogens is 224 g/mol. The van der Waals surface area contributed by atoms with Crippen molar-refractivity contribution in [1.82, 2.24) is 0 Å². The van der Waals surface area contributed by atoms with Gasteiger partial charge in [-0.3, -0.25) is 9.59 Å². The highest BCUT2D eigenvalue weighted by Gasteiger charge is 2.38. The van der Waals surface area contributed by atoms with E-state index in [1.165, 1.54) is 0 Å². The number of ether oxygens (including phenoxy) is 2. The zero-order chi connectivity index (χ0) is 13.0. The van der Waals surface area contributed by atoms with Crippen LogP contribution in [0.3, 0.4) is 0 Å². The second kappa shape index (κ2) is 5.61. The highest BCUT2D eigenvalue weighted by molar-refractivity contribution is 6.21. The molecule has 1 atom stereocenters. The predicted octanol–water partition coefficient (Wildman–Crippen LogP) is 1.02. The Kier molecular flexibility index (Phi) is 4.43. The average molecular weight is 240 g/mol. The van der Waals surface area contributed by atoms with E-state index in [2.05, 4.69) is 0 Å². The largest absolute Gasteiger partial charge is 0.466 e. The molecule has 1 rings (SSSR count). The minimum atomic E-state index is -0.651. The third-order valence-corrected chi connectivity index (χ3v) is 2.64. The summed E-state index contributed by atoms with van der Waals surface area (Å²) in [6.07, 6.45) is -0.00118. The van der Waals surface area contributed by atoms with Crippen molar-refractivity contribution in [2.24, 2.45) is 5.92 Å². The number of Topliss-reactive ketones (excluding diaryl/α,β-unsaturated/α-hetero) is 1. The van der Waals surface area contributed by atoms with Gasteiger partial charge in [0.1, 0.15) is 5.57 Å². The Morgan fingerprint density at radius 1 is 1.24 bits per heavy atom. The van der Waals surface area contributed by atoms with Crippen LogP contribution in [0.5, 0.6) is 0 Å². The molecule has 0 amide bonds. The molecule has 0 saturated heterocycles. The molecule has 0 spiro atoms. The van der Waals surface area contributed by atoms with E-state index in [0.29, 0.717) is 5.57 Å². The number of hydrogen-bond donors (Lipinski definition) is 0. The van der Waals surface area contributed by atoms with Crippen molar-refractivity contribution in [3.8, 4) is 0 Å². The van der Waals surface area contributed by atoms with Crippen LogP contribution in [0.1, 0.15) is 27.2 Å². The quantitative estimate of drug-likeness (QED) is 0.542. The van der Waals surface area contributed by atoms with Gasteiger partial charge in [-0.15, -0.1) is 0 Å². The monoisotopic (exact) mass is 240 g/mol. The molecule has 5 nitrogen and oxygen atoms in total. The second-order valence-corrected chi connectivity index (χ2v) is 3.71. The highest BCUT2D eigenvalue weighted by Crippen LogP contribution is 2.30. The van der Waals surface area contributed by atoms with Crippen LogP contribution in [0.4, 0.5) is 0 Å². The van der Waals surface area contributed by atoms with Crippen LogP contribution in [0.15, 0.2) is 11.1 Å². The van der Waals surface area contributed by atoms with Gasteiger partial charge < -0.3 is 9.47 Å². The summed E-state index contributed by atoms with van der Waals surface area (Å²) in [4.78, 5) is 34.8. The van der Waals surface area contributed by atoms with Crippen LogP contribution in [0.25, 0.3) is 0 Å². The van der Waals surface area contributed by atoms with Gasteiger partial charge >= 0.3 is 11.9 Å². The summed E-state index contributed by atoms with van der Waals surface area (Å²) < 4.78 is 9.64. The first kappa shape index (κ1) is 13.4. The van der Waals surface area contributed by atoms with Gasteiger partial charge in [-0.2, -0.15) is 0 Å². The molecule has 0 aromatic carbocycles. The minimum Gasteiger partial charge on any atom is -0.466 e. The lowest BCUT2D eigenvalue weighted by atomic mass is 10.0. The van der Waals surface area contributed by atoms with Crippen molar-refractivity contribution >= 4 is 17.7 Å². The Morgan fingerprint density at radius 2 is 1.82 bits per heavy atom. The summed E-state index contributed by atoms with van der Waals surface area (Å²) in [6, 6.07) is 0. The van der Waals surface area contributed by atoms with Crippen LogP contribution >= 0.6 is 0 Å². The molecule has 0 unspecified atom stereocenters. The number of hydrogen-bond acceptors (Lipinski definition) is 5. The Balaban J connectivity index is 2.92. The van der Waals surface area contributed by atoms with Gasteiger partial charge in [-0.1, -0.05) is 0 Å². The number of rotatable bonds is 4. The maximum Gasteiger partial charge on any atom is 0.341 e. The Bertz CT molecular complexity index is 380. The molecule has 1 aliphatic carbocycles. The van der Waals surface area contributed by atoms with Gasteiger partial charge in [-0.05, 0) is 26.3 Å². The van der Waals surface area contributed by atoms with Gasteiger partial charge in [-0.25, -0.2) is 4.79 Å². The average Bonchev–Trinajstić information content (AvgIpc) is 2.55. The zero-order valence-electron chi connectivity index (χ0n) is 10.2. The van der Waals surface area contributed by atoms with Gasteiger partial charge in [0.25, 0.3) is 0 Å². The van der Waals surface area contributed by atoms with Crippen molar-refractivity contribution in [2.45, 2.75) is 27.2 Å². The molecule has 5 heteroatoms. The molecule has 17 heavy (non-hydrogen) atoms. The van der Waals surface area contributed by atoms with E-state index >= 15 is 0 Å². The smallest absolute Gasteiger partial charge is 0.341 e. The molecule has 1 aliphatic rings. The first-order valence-corrected chi connectivity index (χ1v) is 5.60. The van der Waals surface area contributed by atoms with Gasteiger partial charge in [0.05, 0.1) is 19.1 Å². The lowest BCUT2D eigenvalue weighted by Crippen LogP contribution is -2.17. The molecule has 0 heterocycles. The van der Waals surface area contributed by atoms with Crippen molar-refractivity contribution in [3.05, 3.63) is 11.1 Å². The zero-order valence-corrected chi connectivity index (χ0v) is 10.2. The van der Waals surface area contributed by atoms with Crippen molar-refractivity contribution < 1.29 is 23.9 Å².